The first-order valence-corrected chi connectivity index (χ1v) is 13.2. The number of halogens is 1. The molecular weight excluding hydrogens is 479 g/mol. The smallest absolute Gasteiger partial charge is 0.220 e. The summed E-state index contributed by atoms with van der Waals surface area (Å²) in [6, 6.07) is 6.76. The number of hydrogen-bond donors (Lipinski definition) is 3. The number of likely N-dealkylation sites (tertiary alicyclic amines) is 1. The Morgan fingerprint density at radius 1 is 1.19 bits per heavy atom. The Hall–Kier alpha value is -2.46. The number of nitrogens with one attached hydrogen (secondary N) is 1. The zero-order valence-electron chi connectivity index (χ0n) is 21.7. The standard InChI is InChI=1S/C28H41FN2O6/c1-35-23-10-12-25(13-11-23)37-18-4-5-27(33)30-26(20-31-16-14-22(32)19-31)28(34)21-6-8-24(9-7-21)36-17-3-2-15-29/h6-8,10-13,22,24,26,28,32,34H,2-5,9,14-20H2,1H3,(H,30,33)/t22-,24?,26+,28+/m0/s1. The van der Waals surface area contributed by atoms with E-state index >= 15 is 0 Å². The molecule has 0 spiro atoms. The van der Waals surface area contributed by atoms with Gasteiger partial charge in [0.15, 0.2) is 0 Å². The minimum atomic E-state index is -0.888. The van der Waals surface area contributed by atoms with Crippen LogP contribution in [-0.4, -0.2) is 92.0 Å². The maximum atomic E-state index is 12.8. The lowest BCUT2D eigenvalue weighted by atomic mass is 9.95. The van der Waals surface area contributed by atoms with E-state index in [1.165, 1.54) is 0 Å². The summed E-state index contributed by atoms with van der Waals surface area (Å²) in [4.78, 5) is 14.8. The fourth-order valence-electron chi connectivity index (χ4n) is 4.48. The Bertz CT molecular complexity index is 878. The van der Waals surface area contributed by atoms with E-state index in [0.29, 0.717) is 64.2 Å². The van der Waals surface area contributed by atoms with Crippen LogP contribution in [0.2, 0.25) is 0 Å². The number of rotatable bonds is 16. The molecule has 206 valence electrons. The molecule has 0 radical (unpaired) electrons. The van der Waals surface area contributed by atoms with E-state index in [0.717, 1.165) is 17.9 Å². The summed E-state index contributed by atoms with van der Waals surface area (Å²) in [6.45, 7) is 2.25. The molecule has 0 saturated carbocycles. The quantitative estimate of drug-likeness (QED) is 0.288. The van der Waals surface area contributed by atoms with Gasteiger partial charge in [-0.3, -0.25) is 14.1 Å². The second-order valence-electron chi connectivity index (χ2n) is 9.55. The monoisotopic (exact) mass is 520 g/mol. The molecule has 1 aliphatic carbocycles. The lowest BCUT2D eigenvalue weighted by Crippen LogP contribution is -2.50. The van der Waals surface area contributed by atoms with Gasteiger partial charge in [-0.25, -0.2) is 0 Å². The van der Waals surface area contributed by atoms with E-state index in [1.54, 1.807) is 7.11 Å². The zero-order valence-corrected chi connectivity index (χ0v) is 21.7. The summed E-state index contributed by atoms with van der Waals surface area (Å²) < 4.78 is 28.8. The number of carbonyl (C=O) groups excluding carboxylic acids is 1. The maximum absolute atomic E-state index is 12.8. The molecule has 3 N–H and O–H groups in total. The van der Waals surface area contributed by atoms with Gasteiger partial charge in [-0.15, -0.1) is 0 Å². The third kappa shape index (κ3) is 10.1. The van der Waals surface area contributed by atoms with Crippen molar-refractivity contribution in [1.82, 2.24) is 10.2 Å². The van der Waals surface area contributed by atoms with E-state index in [-0.39, 0.29) is 31.2 Å². The molecule has 37 heavy (non-hydrogen) atoms. The second-order valence-corrected chi connectivity index (χ2v) is 9.55. The van der Waals surface area contributed by atoms with E-state index in [9.17, 15) is 19.4 Å². The molecule has 3 rings (SSSR count). The average Bonchev–Trinajstić information content (AvgIpc) is 3.33. The molecule has 1 amide bonds. The average molecular weight is 521 g/mol. The van der Waals surface area contributed by atoms with Gasteiger partial charge in [0.1, 0.15) is 17.6 Å². The molecule has 1 unspecified atom stereocenters. The number of hydrogen-bond acceptors (Lipinski definition) is 7. The number of ether oxygens (including phenoxy) is 3. The number of alkyl halides is 1. The summed E-state index contributed by atoms with van der Waals surface area (Å²) >= 11 is 0. The third-order valence-corrected chi connectivity index (χ3v) is 6.60. The normalized spacial score (nSPS) is 21.4. The molecule has 8 nitrogen and oxygen atoms in total. The van der Waals surface area contributed by atoms with Crippen molar-refractivity contribution >= 4 is 5.91 Å². The molecular formula is C28H41FN2O6. The Kier molecular flexibility index (Phi) is 12.4. The summed E-state index contributed by atoms with van der Waals surface area (Å²) in [5.74, 6) is 1.31. The van der Waals surface area contributed by atoms with Crippen molar-refractivity contribution in [2.45, 2.75) is 62.9 Å². The van der Waals surface area contributed by atoms with Crippen LogP contribution >= 0.6 is 0 Å². The van der Waals surface area contributed by atoms with E-state index in [2.05, 4.69) is 10.2 Å². The number of aliphatic hydroxyl groups is 2. The van der Waals surface area contributed by atoms with Gasteiger partial charge >= 0.3 is 0 Å². The van der Waals surface area contributed by atoms with Gasteiger partial charge in [0.2, 0.25) is 5.91 Å². The van der Waals surface area contributed by atoms with Crippen molar-refractivity contribution in [3.63, 3.8) is 0 Å². The van der Waals surface area contributed by atoms with Gasteiger partial charge in [0.05, 0.1) is 38.6 Å². The summed E-state index contributed by atoms with van der Waals surface area (Å²) in [5, 5.41) is 24.1. The Morgan fingerprint density at radius 2 is 1.97 bits per heavy atom. The molecule has 1 heterocycles. The van der Waals surface area contributed by atoms with Crippen molar-refractivity contribution in [2.24, 2.45) is 0 Å². The Labute approximate surface area is 219 Å². The van der Waals surface area contributed by atoms with Crippen LogP contribution in [0.4, 0.5) is 4.39 Å². The molecule has 2 aliphatic rings. The van der Waals surface area contributed by atoms with Crippen LogP contribution in [0.25, 0.3) is 0 Å². The number of unbranched alkanes of at least 4 members (excludes halogenated alkanes) is 1. The van der Waals surface area contributed by atoms with Crippen LogP contribution in [0.15, 0.2) is 48.1 Å². The highest BCUT2D eigenvalue weighted by molar-refractivity contribution is 5.76. The number of nitrogens with zero attached hydrogens (tertiary/aromatic N) is 1. The largest absolute Gasteiger partial charge is 0.497 e. The first-order chi connectivity index (χ1) is 18.0. The summed E-state index contributed by atoms with van der Waals surface area (Å²) in [7, 11) is 1.61. The van der Waals surface area contributed by atoms with Crippen LogP contribution in [0.3, 0.4) is 0 Å². The molecule has 1 saturated heterocycles. The van der Waals surface area contributed by atoms with Crippen LogP contribution in [0.1, 0.15) is 38.5 Å². The molecule has 4 atom stereocenters. The summed E-state index contributed by atoms with van der Waals surface area (Å²) in [6.07, 6.45) is 7.60. The number of amides is 1. The predicted molar refractivity (Wildman–Crippen MR) is 140 cm³/mol. The molecule has 1 aromatic rings. The number of benzene rings is 1. The van der Waals surface area contributed by atoms with Gasteiger partial charge < -0.3 is 29.7 Å². The van der Waals surface area contributed by atoms with Crippen molar-refractivity contribution < 1.29 is 33.6 Å². The topological polar surface area (TPSA) is 100 Å². The lowest BCUT2D eigenvalue weighted by molar-refractivity contribution is -0.122. The lowest BCUT2D eigenvalue weighted by Gasteiger charge is -2.30. The molecule has 1 fully saturated rings. The first kappa shape index (κ1) is 29.1. The zero-order chi connectivity index (χ0) is 26.5. The fourth-order valence-corrected chi connectivity index (χ4v) is 4.48. The van der Waals surface area contributed by atoms with Crippen molar-refractivity contribution in [3.8, 4) is 11.5 Å². The molecule has 1 aliphatic heterocycles. The Balaban J connectivity index is 1.48. The molecule has 9 heteroatoms. The first-order valence-electron chi connectivity index (χ1n) is 13.2. The maximum Gasteiger partial charge on any atom is 0.220 e. The van der Waals surface area contributed by atoms with Gasteiger partial charge in [0, 0.05) is 32.7 Å². The van der Waals surface area contributed by atoms with Gasteiger partial charge in [-0.05, 0) is 61.9 Å². The van der Waals surface area contributed by atoms with E-state index < -0.39 is 12.1 Å². The summed E-state index contributed by atoms with van der Waals surface area (Å²) in [5.41, 5.74) is 0.733. The van der Waals surface area contributed by atoms with Gasteiger partial charge in [-0.2, -0.15) is 0 Å². The number of β-amino-alcohol motifs (C(OH)–C–C–N with tert-alkyl or cyclic N) is 1. The highest BCUT2D eigenvalue weighted by Crippen LogP contribution is 2.21. The SMILES string of the molecule is COc1ccc(OCCCC(=O)N[C@H](CN2CC[C@H](O)C2)[C@H](O)C2=CCC(OCCCCF)C=C2)cc1. The molecule has 0 aromatic heterocycles. The van der Waals surface area contributed by atoms with Crippen molar-refractivity contribution in [3.05, 3.63) is 48.1 Å². The third-order valence-electron chi connectivity index (χ3n) is 6.60. The number of carbonyl (C=O) groups is 1. The van der Waals surface area contributed by atoms with Gasteiger partial charge in [0.25, 0.3) is 0 Å². The fraction of sp³-hybridized carbons (Fsp3) is 0.607. The van der Waals surface area contributed by atoms with E-state index in [1.807, 2.05) is 42.5 Å². The highest BCUT2D eigenvalue weighted by Gasteiger charge is 2.30. The second kappa shape index (κ2) is 15.7. The number of methoxy groups -OCH3 is 1. The van der Waals surface area contributed by atoms with Crippen LogP contribution in [0, 0.1) is 0 Å². The molecule has 0 bridgehead atoms. The van der Waals surface area contributed by atoms with E-state index in [4.69, 9.17) is 14.2 Å². The highest BCUT2D eigenvalue weighted by atomic mass is 19.1. The Morgan fingerprint density at radius 3 is 2.62 bits per heavy atom. The van der Waals surface area contributed by atoms with Crippen molar-refractivity contribution in [2.75, 3.05) is 46.6 Å². The minimum Gasteiger partial charge on any atom is -0.497 e. The predicted octanol–water partition coefficient (Wildman–Crippen LogP) is 2.79. The minimum absolute atomic E-state index is 0.0944. The van der Waals surface area contributed by atoms with Crippen molar-refractivity contribution in [1.29, 1.82) is 0 Å². The number of aliphatic hydroxyl groups excluding tert-OH is 2. The van der Waals surface area contributed by atoms with Crippen LogP contribution in [-0.2, 0) is 9.53 Å². The van der Waals surface area contributed by atoms with Crippen LogP contribution < -0.4 is 14.8 Å². The van der Waals surface area contributed by atoms with Gasteiger partial charge in [-0.1, -0.05) is 18.2 Å². The molecule has 1 aromatic carbocycles. The van der Waals surface area contributed by atoms with Crippen LogP contribution in [0.5, 0.6) is 11.5 Å².